The number of hydrogen-bond acceptors (Lipinski definition) is 3. The topological polar surface area (TPSA) is 25.2 Å². The number of thiazole rings is 1. The molecule has 3 nitrogen and oxygen atoms in total. The number of nitrogens with zero attached hydrogens (tertiary/aromatic N) is 2. The van der Waals surface area contributed by atoms with Crippen LogP contribution in [-0.4, -0.2) is 29.1 Å². The molecule has 3 rings (SSSR count). The highest BCUT2D eigenvalue weighted by Gasteiger charge is 2.11. The second-order valence-corrected chi connectivity index (χ2v) is 6.59. The molecule has 0 N–H and O–H groups in total. The zero-order valence-electron chi connectivity index (χ0n) is 12.3. The highest BCUT2D eigenvalue weighted by molar-refractivity contribution is 7.16. The van der Waals surface area contributed by atoms with Crippen molar-refractivity contribution in [2.45, 2.75) is 38.6 Å². The highest BCUT2D eigenvalue weighted by atomic mass is 35.5. The molecule has 2 aromatic rings. The van der Waals surface area contributed by atoms with Crippen LogP contribution in [0.5, 0.6) is 0 Å². The van der Waals surface area contributed by atoms with Gasteiger partial charge in [-0.2, -0.15) is 0 Å². The van der Waals surface area contributed by atoms with Crippen LogP contribution in [0.3, 0.4) is 0 Å². The normalized spacial score (nSPS) is 17.1. The summed E-state index contributed by atoms with van der Waals surface area (Å²) >= 11 is 1.36. The molecule has 1 aromatic carbocycles. The Hall–Kier alpha value is -0.840. The quantitative estimate of drug-likeness (QED) is 0.858. The number of hydrogen-bond donors (Lipinski definition) is 0. The molecule has 1 saturated heterocycles. The molecule has 0 saturated carbocycles. The van der Waals surface area contributed by atoms with Crippen molar-refractivity contribution in [1.29, 1.82) is 0 Å². The summed E-state index contributed by atoms with van der Waals surface area (Å²) in [5.41, 5.74) is 1.09. The molecule has 5 heteroatoms. The smallest absolute Gasteiger partial charge is 0.302 e. The van der Waals surface area contributed by atoms with Gasteiger partial charge in [-0.05, 0) is 38.1 Å². The molecule has 0 amide bonds. The van der Waals surface area contributed by atoms with Gasteiger partial charge in [-0.25, -0.2) is 0 Å². The average molecular weight is 327 g/mol. The van der Waals surface area contributed by atoms with Crippen LogP contribution >= 0.6 is 23.7 Å². The minimum Gasteiger partial charge on any atom is -0.302 e. The van der Waals surface area contributed by atoms with E-state index in [9.17, 15) is 4.79 Å². The third-order valence-electron chi connectivity index (χ3n) is 4.16. The van der Waals surface area contributed by atoms with Gasteiger partial charge in [0.05, 0.1) is 10.2 Å². The Kier molecular flexibility index (Phi) is 6.27. The van der Waals surface area contributed by atoms with Gasteiger partial charge in [0.15, 0.2) is 0 Å². The molecule has 116 valence electrons. The van der Waals surface area contributed by atoms with E-state index in [1.807, 2.05) is 22.8 Å². The lowest BCUT2D eigenvalue weighted by Gasteiger charge is -2.24. The van der Waals surface area contributed by atoms with E-state index in [0.29, 0.717) is 0 Å². The second-order valence-electron chi connectivity index (χ2n) is 5.60. The molecule has 0 bridgehead atoms. The van der Waals surface area contributed by atoms with E-state index < -0.39 is 0 Å². The molecule has 2 heterocycles. The molecule has 1 aromatic heterocycles. The largest absolute Gasteiger partial charge is 0.308 e. The van der Waals surface area contributed by atoms with E-state index in [1.165, 1.54) is 56.5 Å². The third-order valence-corrected chi connectivity index (χ3v) is 5.12. The third kappa shape index (κ3) is 4.09. The molecular formula is C16H23ClN2OS. The Bertz CT molecular complexity index is 614. The van der Waals surface area contributed by atoms with Crippen molar-refractivity contribution in [3.05, 3.63) is 33.9 Å². The first-order valence-electron chi connectivity index (χ1n) is 7.65. The van der Waals surface area contributed by atoms with Crippen LogP contribution in [0.1, 0.15) is 32.1 Å². The van der Waals surface area contributed by atoms with E-state index in [2.05, 4.69) is 11.0 Å². The predicted molar refractivity (Wildman–Crippen MR) is 92.9 cm³/mol. The van der Waals surface area contributed by atoms with Crippen LogP contribution in [0, 0.1) is 0 Å². The van der Waals surface area contributed by atoms with Gasteiger partial charge in [0.2, 0.25) is 0 Å². The fraction of sp³-hybridized carbons (Fsp3) is 0.562. The minimum absolute atomic E-state index is 0. The fourth-order valence-corrected chi connectivity index (χ4v) is 3.92. The summed E-state index contributed by atoms with van der Waals surface area (Å²) < 4.78 is 3.05. The summed E-state index contributed by atoms with van der Waals surface area (Å²) in [6.07, 6.45) is 6.72. The average Bonchev–Trinajstić information content (AvgIpc) is 2.73. The highest BCUT2D eigenvalue weighted by Crippen LogP contribution is 2.16. The second kappa shape index (κ2) is 7.97. The molecule has 1 aliphatic rings. The minimum atomic E-state index is 0. The molecule has 0 atom stereocenters. The molecular weight excluding hydrogens is 304 g/mol. The summed E-state index contributed by atoms with van der Waals surface area (Å²) in [7, 11) is 0. The summed E-state index contributed by atoms with van der Waals surface area (Å²) in [6.45, 7) is 4.21. The van der Waals surface area contributed by atoms with Gasteiger partial charge >= 0.3 is 4.87 Å². The van der Waals surface area contributed by atoms with E-state index in [0.717, 1.165) is 23.3 Å². The molecule has 1 fully saturated rings. The van der Waals surface area contributed by atoms with Crippen LogP contribution in [0.15, 0.2) is 29.1 Å². The first kappa shape index (κ1) is 16.5. The van der Waals surface area contributed by atoms with Gasteiger partial charge in [-0.15, -0.1) is 12.4 Å². The maximum Gasteiger partial charge on any atom is 0.308 e. The van der Waals surface area contributed by atoms with Crippen LogP contribution in [0.4, 0.5) is 0 Å². The van der Waals surface area contributed by atoms with E-state index in [4.69, 9.17) is 0 Å². The van der Waals surface area contributed by atoms with E-state index >= 15 is 0 Å². The van der Waals surface area contributed by atoms with Gasteiger partial charge < -0.3 is 4.90 Å². The van der Waals surface area contributed by atoms with Crippen LogP contribution in [-0.2, 0) is 6.54 Å². The lowest BCUT2D eigenvalue weighted by Crippen LogP contribution is -2.32. The van der Waals surface area contributed by atoms with Gasteiger partial charge in [-0.3, -0.25) is 9.36 Å². The maximum absolute atomic E-state index is 12.1. The van der Waals surface area contributed by atoms with Crippen molar-refractivity contribution in [2.24, 2.45) is 0 Å². The van der Waals surface area contributed by atoms with Crippen molar-refractivity contribution in [3.63, 3.8) is 0 Å². The maximum atomic E-state index is 12.1. The standard InChI is InChI=1S/C16H22N2OS.ClH/c19-16-18(14-8-4-5-9-15(14)20-16)13-12-17-10-6-2-1-3-7-11-17;/h4-5,8-9H,1-3,6-7,10-13H2;1H. The Balaban J connectivity index is 0.00000161. The monoisotopic (exact) mass is 326 g/mol. The predicted octanol–water partition coefficient (Wildman–Crippen LogP) is 3.75. The molecule has 0 radical (unpaired) electrons. The van der Waals surface area contributed by atoms with Gasteiger partial charge in [0.1, 0.15) is 0 Å². The lowest BCUT2D eigenvalue weighted by atomic mass is 10.1. The van der Waals surface area contributed by atoms with Crippen LogP contribution < -0.4 is 4.87 Å². The van der Waals surface area contributed by atoms with Crippen molar-refractivity contribution in [3.8, 4) is 0 Å². The molecule has 21 heavy (non-hydrogen) atoms. The van der Waals surface area contributed by atoms with E-state index in [-0.39, 0.29) is 17.3 Å². The van der Waals surface area contributed by atoms with Gasteiger partial charge in [-0.1, -0.05) is 42.7 Å². The zero-order valence-corrected chi connectivity index (χ0v) is 13.9. The number of likely N-dealkylation sites (tertiary alicyclic amines) is 1. The summed E-state index contributed by atoms with van der Waals surface area (Å²) in [5.74, 6) is 0. The lowest BCUT2D eigenvalue weighted by molar-refractivity contribution is 0.239. The molecule has 0 spiro atoms. The van der Waals surface area contributed by atoms with Gasteiger partial charge in [0, 0.05) is 13.1 Å². The first-order chi connectivity index (χ1) is 9.84. The van der Waals surface area contributed by atoms with Crippen LogP contribution in [0.2, 0.25) is 0 Å². The molecule has 1 aliphatic heterocycles. The number of aromatic nitrogens is 1. The van der Waals surface area contributed by atoms with Crippen molar-refractivity contribution in [1.82, 2.24) is 9.47 Å². The zero-order chi connectivity index (χ0) is 13.8. The number of fused-ring (bicyclic) bond motifs is 1. The fourth-order valence-electron chi connectivity index (χ4n) is 3.00. The number of benzene rings is 1. The molecule has 0 unspecified atom stereocenters. The Labute approximate surface area is 136 Å². The Morgan fingerprint density at radius 3 is 2.38 bits per heavy atom. The Morgan fingerprint density at radius 1 is 0.952 bits per heavy atom. The Morgan fingerprint density at radius 2 is 1.62 bits per heavy atom. The van der Waals surface area contributed by atoms with Crippen molar-refractivity contribution < 1.29 is 0 Å². The van der Waals surface area contributed by atoms with E-state index in [1.54, 1.807) is 0 Å². The number of rotatable bonds is 3. The van der Waals surface area contributed by atoms with Crippen LogP contribution in [0.25, 0.3) is 10.2 Å². The van der Waals surface area contributed by atoms with Crippen molar-refractivity contribution >= 4 is 34.0 Å². The summed E-state index contributed by atoms with van der Waals surface area (Å²) in [4.78, 5) is 14.8. The number of para-hydroxylation sites is 1. The first-order valence-corrected chi connectivity index (χ1v) is 8.47. The van der Waals surface area contributed by atoms with Gasteiger partial charge in [0.25, 0.3) is 0 Å². The molecule has 0 aliphatic carbocycles. The SMILES string of the molecule is Cl.O=c1sc2ccccc2n1CCN1CCCCCCC1. The number of halogens is 1. The summed E-state index contributed by atoms with van der Waals surface area (Å²) in [5, 5.41) is 0. The summed E-state index contributed by atoms with van der Waals surface area (Å²) in [6, 6.07) is 8.11. The van der Waals surface area contributed by atoms with Crippen molar-refractivity contribution in [2.75, 3.05) is 19.6 Å².